The summed E-state index contributed by atoms with van der Waals surface area (Å²) in [7, 11) is -3.96. The van der Waals surface area contributed by atoms with Crippen LogP contribution in [0.3, 0.4) is 0 Å². The second-order valence-corrected chi connectivity index (χ2v) is 7.48. The quantitative estimate of drug-likeness (QED) is 0.805. The monoisotopic (exact) mass is 380 g/mol. The fourth-order valence-corrected chi connectivity index (χ4v) is 3.36. The molecule has 0 aliphatic heterocycles. The molecular weight excluding hydrogens is 364 g/mol. The summed E-state index contributed by atoms with van der Waals surface area (Å²) >= 11 is 5.87. The fraction of sp³-hybridized carbons (Fsp3) is 0.176. The fourth-order valence-electron chi connectivity index (χ4n) is 2.13. The Hall–Kier alpha value is -2.38. The summed E-state index contributed by atoms with van der Waals surface area (Å²) in [6.07, 6.45) is 0.396. The van der Waals surface area contributed by atoms with E-state index in [9.17, 15) is 18.0 Å². The van der Waals surface area contributed by atoms with Crippen LogP contribution < -0.4 is 10.0 Å². The van der Waals surface area contributed by atoms with E-state index in [1.165, 1.54) is 31.2 Å². The molecule has 0 fully saturated rings. The lowest BCUT2D eigenvalue weighted by atomic mass is 10.1. The first-order chi connectivity index (χ1) is 11.8. The third kappa shape index (κ3) is 5.88. The molecular formula is C17H17ClN2O4S. The lowest BCUT2D eigenvalue weighted by Crippen LogP contribution is -2.30. The van der Waals surface area contributed by atoms with Crippen molar-refractivity contribution < 1.29 is 18.0 Å². The molecule has 2 aromatic carbocycles. The van der Waals surface area contributed by atoms with Crippen LogP contribution in [-0.2, 0) is 26.0 Å². The second-order valence-electron chi connectivity index (χ2n) is 5.36. The third-order valence-corrected chi connectivity index (χ3v) is 4.89. The minimum absolute atomic E-state index is 0.0174. The molecule has 2 amide bonds. The SMILES string of the molecule is CC(=O)Nc1ccc(S(=O)(=O)NC(=O)CCc2cccc(Cl)c2)cc1. The van der Waals surface area contributed by atoms with Crippen molar-refractivity contribution in [3.63, 3.8) is 0 Å². The van der Waals surface area contributed by atoms with Gasteiger partial charge in [0.1, 0.15) is 0 Å². The van der Waals surface area contributed by atoms with Gasteiger partial charge in [0.15, 0.2) is 0 Å². The first kappa shape index (κ1) is 19.0. The number of aryl methyl sites for hydroxylation is 1. The van der Waals surface area contributed by atoms with Crippen LogP contribution >= 0.6 is 11.6 Å². The highest BCUT2D eigenvalue weighted by atomic mass is 35.5. The van der Waals surface area contributed by atoms with Crippen LogP contribution in [0.4, 0.5) is 5.69 Å². The smallest absolute Gasteiger partial charge is 0.264 e. The Morgan fingerprint density at radius 1 is 1.08 bits per heavy atom. The Balaban J connectivity index is 1.97. The molecule has 0 aliphatic carbocycles. The van der Waals surface area contributed by atoms with E-state index in [2.05, 4.69) is 5.32 Å². The van der Waals surface area contributed by atoms with Gasteiger partial charge in [0.25, 0.3) is 10.0 Å². The van der Waals surface area contributed by atoms with Crippen LogP contribution in [0, 0.1) is 0 Å². The summed E-state index contributed by atoms with van der Waals surface area (Å²) < 4.78 is 26.4. The van der Waals surface area contributed by atoms with Gasteiger partial charge in [0, 0.05) is 24.1 Å². The first-order valence-electron chi connectivity index (χ1n) is 7.44. The number of halogens is 1. The van der Waals surface area contributed by atoms with Gasteiger partial charge in [-0.15, -0.1) is 0 Å². The molecule has 0 saturated heterocycles. The Bertz CT molecular complexity index is 880. The lowest BCUT2D eigenvalue weighted by Gasteiger charge is -2.08. The molecule has 0 atom stereocenters. The molecule has 25 heavy (non-hydrogen) atoms. The lowest BCUT2D eigenvalue weighted by molar-refractivity contribution is -0.119. The molecule has 8 heteroatoms. The number of benzene rings is 2. The highest BCUT2D eigenvalue weighted by Gasteiger charge is 2.17. The molecule has 2 N–H and O–H groups in total. The first-order valence-corrected chi connectivity index (χ1v) is 9.30. The number of carbonyl (C=O) groups is 2. The van der Waals surface area contributed by atoms with Gasteiger partial charge in [-0.05, 0) is 48.4 Å². The van der Waals surface area contributed by atoms with E-state index in [4.69, 9.17) is 11.6 Å². The number of anilines is 1. The number of sulfonamides is 1. The van der Waals surface area contributed by atoms with Gasteiger partial charge in [0.05, 0.1) is 4.90 Å². The molecule has 0 radical (unpaired) electrons. The molecule has 0 aliphatic rings. The molecule has 0 aromatic heterocycles. The zero-order valence-electron chi connectivity index (χ0n) is 13.5. The van der Waals surface area contributed by atoms with Gasteiger partial charge in [-0.25, -0.2) is 13.1 Å². The summed E-state index contributed by atoms with van der Waals surface area (Å²) in [6.45, 7) is 1.35. The second kappa shape index (κ2) is 8.13. The van der Waals surface area contributed by atoms with Gasteiger partial charge < -0.3 is 5.32 Å². The van der Waals surface area contributed by atoms with E-state index in [1.807, 2.05) is 10.8 Å². The zero-order valence-corrected chi connectivity index (χ0v) is 15.0. The largest absolute Gasteiger partial charge is 0.326 e. The van der Waals surface area contributed by atoms with Gasteiger partial charge in [-0.3, -0.25) is 9.59 Å². The Kier molecular flexibility index (Phi) is 6.17. The topological polar surface area (TPSA) is 92.3 Å². The number of amides is 2. The zero-order chi connectivity index (χ0) is 18.4. The minimum Gasteiger partial charge on any atom is -0.326 e. The van der Waals surface area contributed by atoms with Crippen molar-refractivity contribution in [2.75, 3.05) is 5.32 Å². The van der Waals surface area contributed by atoms with Crippen molar-refractivity contribution in [1.29, 1.82) is 0 Å². The van der Waals surface area contributed by atoms with E-state index in [1.54, 1.807) is 18.2 Å². The van der Waals surface area contributed by atoms with Gasteiger partial charge in [0.2, 0.25) is 11.8 Å². The highest BCUT2D eigenvalue weighted by molar-refractivity contribution is 7.90. The number of nitrogens with one attached hydrogen (secondary N) is 2. The predicted molar refractivity (Wildman–Crippen MR) is 95.8 cm³/mol. The molecule has 0 bridgehead atoms. The highest BCUT2D eigenvalue weighted by Crippen LogP contribution is 2.15. The maximum Gasteiger partial charge on any atom is 0.264 e. The van der Waals surface area contributed by atoms with Gasteiger partial charge in [-0.2, -0.15) is 0 Å². The molecule has 2 aromatic rings. The summed E-state index contributed by atoms with van der Waals surface area (Å²) in [5, 5.41) is 3.10. The van der Waals surface area contributed by atoms with Crippen molar-refractivity contribution in [2.45, 2.75) is 24.7 Å². The number of carbonyl (C=O) groups excluding carboxylic acids is 2. The van der Waals surface area contributed by atoms with Crippen molar-refractivity contribution in [3.8, 4) is 0 Å². The summed E-state index contributed by atoms with van der Waals surface area (Å²) in [5.74, 6) is -0.865. The molecule has 0 heterocycles. The number of hydrogen-bond donors (Lipinski definition) is 2. The van der Waals surface area contributed by atoms with Crippen molar-refractivity contribution >= 4 is 39.1 Å². The standard InChI is InChI=1S/C17H17ClN2O4S/c1-12(21)19-15-6-8-16(9-7-15)25(23,24)20-17(22)10-5-13-3-2-4-14(18)11-13/h2-4,6-9,11H,5,10H2,1H3,(H,19,21)(H,20,22). The summed E-state index contributed by atoms with van der Waals surface area (Å²) in [4.78, 5) is 22.8. The van der Waals surface area contributed by atoms with Crippen molar-refractivity contribution in [3.05, 3.63) is 59.1 Å². The third-order valence-electron chi connectivity index (χ3n) is 3.26. The molecule has 6 nitrogen and oxygen atoms in total. The molecule has 132 valence electrons. The van der Waals surface area contributed by atoms with Crippen LogP contribution in [0.5, 0.6) is 0 Å². The summed E-state index contributed by atoms with van der Waals surface area (Å²) in [6, 6.07) is 12.6. The van der Waals surface area contributed by atoms with Crippen LogP contribution in [0.25, 0.3) is 0 Å². The van der Waals surface area contributed by atoms with E-state index >= 15 is 0 Å². The average molecular weight is 381 g/mol. The number of rotatable bonds is 6. The average Bonchev–Trinajstić information content (AvgIpc) is 2.52. The molecule has 0 saturated carbocycles. The normalized spacial score (nSPS) is 11.0. The van der Waals surface area contributed by atoms with E-state index < -0.39 is 15.9 Å². The number of hydrogen-bond acceptors (Lipinski definition) is 4. The van der Waals surface area contributed by atoms with Gasteiger partial charge >= 0.3 is 0 Å². The van der Waals surface area contributed by atoms with E-state index in [-0.39, 0.29) is 17.2 Å². The van der Waals surface area contributed by atoms with Crippen LogP contribution in [0.15, 0.2) is 53.4 Å². The minimum atomic E-state index is -3.96. The van der Waals surface area contributed by atoms with Crippen LogP contribution in [0.1, 0.15) is 18.9 Å². The maximum atomic E-state index is 12.2. The molecule has 2 rings (SSSR count). The Labute approximate surface area is 151 Å². The summed E-state index contributed by atoms with van der Waals surface area (Å²) in [5.41, 5.74) is 1.32. The van der Waals surface area contributed by atoms with Gasteiger partial charge in [-0.1, -0.05) is 23.7 Å². The van der Waals surface area contributed by atoms with Crippen molar-refractivity contribution in [1.82, 2.24) is 4.72 Å². The Morgan fingerprint density at radius 2 is 1.76 bits per heavy atom. The van der Waals surface area contributed by atoms with E-state index in [0.29, 0.717) is 17.1 Å². The van der Waals surface area contributed by atoms with Crippen LogP contribution in [0.2, 0.25) is 5.02 Å². The molecule has 0 spiro atoms. The van der Waals surface area contributed by atoms with E-state index in [0.717, 1.165) is 5.56 Å². The molecule has 0 unspecified atom stereocenters. The van der Waals surface area contributed by atoms with Crippen LogP contribution in [-0.4, -0.2) is 20.2 Å². The van der Waals surface area contributed by atoms with Crippen molar-refractivity contribution in [2.24, 2.45) is 0 Å². The maximum absolute atomic E-state index is 12.2. The Morgan fingerprint density at radius 3 is 2.36 bits per heavy atom. The predicted octanol–water partition coefficient (Wildman–Crippen LogP) is 2.74.